The van der Waals surface area contributed by atoms with Crippen LogP contribution in [0.4, 0.5) is 4.79 Å². The molecule has 10 atom stereocenters. The molecule has 6 aliphatic rings. The number of hydrogen-bond donors (Lipinski definition) is 6. The van der Waals surface area contributed by atoms with Gasteiger partial charge in [-0.15, -0.1) is 12.4 Å². The lowest BCUT2D eigenvalue weighted by Gasteiger charge is -2.38. The van der Waals surface area contributed by atoms with Crippen molar-refractivity contribution in [1.82, 2.24) is 25.8 Å². The highest BCUT2D eigenvalue weighted by molar-refractivity contribution is 6.38. The van der Waals surface area contributed by atoms with Gasteiger partial charge >= 0.3 is 6.09 Å². The number of nitrogens with one attached hydrogen (secondary N) is 3. The Bertz CT molecular complexity index is 2000. The van der Waals surface area contributed by atoms with E-state index in [1.54, 1.807) is 25.7 Å². The minimum absolute atomic E-state index is 0. The number of fused-ring (bicyclic) bond motifs is 2. The third-order valence-corrected chi connectivity index (χ3v) is 15.8. The van der Waals surface area contributed by atoms with Crippen LogP contribution in [-0.4, -0.2) is 118 Å². The molecular weight excluding hydrogens is 896 g/mol. The molecule has 9 N–H and O–H groups in total. The van der Waals surface area contributed by atoms with Crippen molar-refractivity contribution >= 4 is 65.5 Å². The van der Waals surface area contributed by atoms with Crippen LogP contribution in [0.2, 0.25) is 0 Å². The first-order chi connectivity index (χ1) is 30.6. The zero-order valence-electron chi connectivity index (χ0n) is 42.6. The van der Waals surface area contributed by atoms with Crippen LogP contribution in [0.3, 0.4) is 0 Å². The van der Waals surface area contributed by atoms with Gasteiger partial charge in [-0.05, 0) is 90.8 Å². The van der Waals surface area contributed by atoms with Crippen molar-refractivity contribution in [1.29, 1.82) is 0 Å². The summed E-state index contributed by atoms with van der Waals surface area (Å²) in [6.07, 6.45) is 6.03. The molecule has 0 aromatic rings. The predicted octanol–water partition coefficient (Wildman–Crippen LogP) is 3.13. The first kappa shape index (κ1) is 56.3. The highest BCUT2D eigenvalue weighted by Gasteiger charge is 2.71. The molecule has 19 heteroatoms. The fraction of sp³-hybridized carbons (Fsp3) is 0.816. The van der Waals surface area contributed by atoms with Crippen LogP contribution in [-0.2, 0) is 43.1 Å². The fourth-order valence-corrected chi connectivity index (χ4v) is 10.9. The van der Waals surface area contributed by atoms with Gasteiger partial charge in [0.1, 0.15) is 23.7 Å². The van der Waals surface area contributed by atoms with Gasteiger partial charge in [-0.2, -0.15) is 0 Å². The number of rotatable bonds is 15. The molecule has 0 aromatic carbocycles. The summed E-state index contributed by atoms with van der Waals surface area (Å²) in [7, 11) is 0. The van der Waals surface area contributed by atoms with E-state index in [2.05, 4.69) is 43.6 Å². The number of alkyl carbamates (subject to hydrolysis) is 1. The largest absolute Gasteiger partial charge is 0.444 e. The molecule has 0 bridgehead atoms. The lowest BCUT2D eigenvalue weighted by atomic mass is 9.80. The molecule has 384 valence electrons. The number of Topliss-reactive ketones (excluding diaryl/α,β-unsaturated/α-hetero) is 2. The number of ketones is 2. The van der Waals surface area contributed by atoms with E-state index in [1.165, 1.54) is 4.90 Å². The number of primary amides is 2. The van der Waals surface area contributed by atoms with Gasteiger partial charge in [-0.1, -0.05) is 108 Å². The van der Waals surface area contributed by atoms with Gasteiger partial charge < -0.3 is 47.7 Å². The van der Waals surface area contributed by atoms with Crippen LogP contribution in [0.25, 0.3) is 0 Å². The zero-order chi connectivity index (χ0) is 50.7. The van der Waals surface area contributed by atoms with E-state index in [9.17, 15) is 43.2 Å². The van der Waals surface area contributed by atoms with Crippen LogP contribution in [0, 0.1) is 57.2 Å². The lowest BCUT2D eigenvalue weighted by Crippen LogP contribution is -2.61. The van der Waals surface area contributed by atoms with Crippen molar-refractivity contribution in [3.8, 4) is 0 Å². The summed E-state index contributed by atoms with van der Waals surface area (Å²) in [5, 5.41) is 8.26. The van der Waals surface area contributed by atoms with E-state index in [4.69, 9.17) is 21.9 Å². The molecule has 2 aliphatic heterocycles. The normalized spacial score (nSPS) is 27.3. The second-order valence-electron chi connectivity index (χ2n) is 24.7. The number of piperidine rings is 2. The van der Waals surface area contributed by atoms with Crippen LogP contribution in [0.5, 0.6) is 0 Å². The van der Waals surface area contributed by atoms with Crippen molar-refractivity contribution in [2.75, 3.05) is 13.1 Å². The van der Waals surface area contributed by atoms with Gasteiger partial charge in [-0.25, -0.2) is 4.79 Å². The number of carbonyl (C=O) groups excluding carboxylic acids is 9. The van der Waals surface area contributed by atoms with E-state index >= 15 is 0 Å². The van der Waals surface area contributed by atoms with Crippen molar-refractivity contribution in [2.45, 2.75) is 183 Å². The molecule has 4 unspecified atom stereocenters. The Kier molecular flexibility index (Phi) is 16.7. The highest BCUT2D eigenvalue weighted by atomic mass is 35.5. The minimum atomic E-state index is -1.08. The maximum absolute atomic E-state index is 13.9. The number of nitrogens with zero attached hydrogens (tertiary/aromatic N) is 2. The number of carbonyl (C=O) groups is 9. The summed E-state index contributed by atoms with van der Waals surface area (Å²) < 4.78 is 5.39. The first-order valence-electron chi connectivity index (χ1n) is 24.2. The summed E-state index contributed by atoms with van der Waals surface area (Å²) in [4.78, 5) is 118. The molecule has 0 radical (unpaired) electrons. The first-order valence-corrected chi connectivity index (χ1v) is 24.2. The Labute approximate surface area is 408 Å². The lowest BCUT2D eigenvalue weighted by molar-refractivity contribution is -0.145. The summed E-state index contributed by atoms with van der Waals surface area (Å²) in [5.41, 5.74) is 14.7. The Morgan fingerprint density at radius 2 is 0.971 bits per heavy atom. The molecule has 6 fully saturated rings. The smallest absolute Gasteiger partial charge is 0.408 e. The van der Waals surface area contributed by atoms with Crippen LogP contribution in [0.15, 0.2) is 0 Å². The van der Waals surface area contributed by atoms with E-state index in [1.807, 2.05) is 41.5 Å². The Morgan fingerprint density at radius 3 is 1.26 bits per heavy atom. The van der Waals surface area contributed by atoms with E-state index in [0.29, 0.717) is 31.8 Å². The average molecular weight is 978 g/mol. The number of ether oxygens (including phenoxy) is 1. The molecule has 4 saturated carbocycles. The number of halogens is 1. The van der Waals surface area contributed by atoms with Gasteiger partial charge in [0.05, 0.1) is 18.1 Å². The summed E-state index contributed by atoms with van der Waals surface area (Å²) in [5.74, 6) is -4.37. The Hall–Kier alpha value is -4.32. The molecule has 4 aliphatic carbocycles. The molecule has 68 heavy (non-hydrogen) atoms. The SMILES string of the molecule is CC(C)(C)OC(=O)N[C@H](C(=O)N1C[C@H]2[C@@H](C1C(=O)NC(CC1CCC1)C(=O)C(N)=O)C2(C)C)C(C)(C)C.CC(C)(C)[C@H](N)C(=O)N1C[C@H]2[C@@H](C1C(=O)NC(CC1CCC1)C(=O)C(N)=O)C2(C)C.Cl. The van der Waals surface area contributed by atoms with Crippen molar-refractivity contribution < 1.29 is 47.9 Å². The number of likely N-dealkylation sites (tertiary alicyclic amines) is 2. The van der Waals surface area contributed by atoms with E-state index in [-0.39, 0.29) is 70.5 Å². The third-order valence-electron chi connectivity index (χ3n) is 15.8. The molecule has 7 amide bonds. The van der Waals surface area contributed by atoms with Crippen molar-refractivity contribution in [3.63, 3.8) is 0 Å². The Morgan fingerprint density at radius 1 is 0.603 bits per heavy atom. The molecular formula is C49H81ClN8O10. The van der Waals surface area contributed by atoms with Gasteiger partial charge in [-0.3, -0.25) is 38.4 Å². The summed E-state index contributed by atoms with van der Waals surface area (Å²) in [6, 6.07) is -5.11. The van der Waals surface area contributed by atoms with Crippen molar-refractivity contribution in [3.05, 3.63) is 0 Å². The molecule has 18 nitrogen and oxygen atoms in total. The van der Waals surface area contributed by atoms with Crippen LogP contribution >= 0.6 is 12.4 Å². The zero-order valence-corrected chi connectivity index (χ0v) is 43.4. The average Bonchev–Trinajstić information content (AvgIpc) is 3.62. The molecule has 2 saturated heterocycles. The predicted molar refractivity (Wildman–Crippen MR) is 256 cm³/mol. The van der Waals surface area contributed by atoms with Crippen LogP contribution in [0.1, 0.15) is 141 Å². The Balaban J connectivity index is 0.000000298. The van der Waals surface area contributed by atoms with Crippen molar-refractivity contribution in [2.24, 2.45) is 74.4 Å². The second-order valence-corrected chi connectivity index (χ2v) is 24.7. The quantitative estimate of drug-likeness (QED) is 0.130. The van der Waals surface area contributed by atoms with Crippen LogP contribution < -0.4 is 33.2 Å². The topological polar surface area (TPSA) is 283 Å². The summed E-state index contributed by atoms with van der Waals surface area (Å²) >= 11 is 0. The maximum Gasteiger partial charge on any atom is 0.408 e. The molecule has 0 aromatic heterocycles. The number of amides is 7. The van der Waals surface area contributed by atoms with Gasteiger partial charge in [0.15, 0.2) is 0 Å². The van der Waals surface area contributed by atoms with Gasteiger partial charge in [0.25, 0.3) is 11.8 Å². The van der Waals surface area contributed by atoms with E-state index < -0.39 is 88.1 Å². The molecule has 0 spiro atoms. The maximum atomic E-state index is 13.9. The standard InChI is InChI=1S/C27H44N4O6.C22H36N4O4.ClH/c1-25(2,3)20(30-24(36)37-26(4,5)6)23(35)31-13-15-17(27(15,7)8)18(31)22(34)29-16(19(32)21(28)33)12-14-10-9-11-14;1-21(2,3)17(23)20(30)26-10-12-14(22(12,4)5)15(26)19(29)25-13(16(27)18(24)28)9-11-7-6-8-11;/h14-18,20H,9-13H2,1-8H3,(H2,28,33)(H,29,34)(H,30,36);11-15,17H,6-10,23H2,1-5H3,(H2,24,28)(H,25,29);1H/t15-,16?,17-,18?,20+;12-,13?,14-,15?,17+;/m00./s1. The second kappa shape index (κ2) is 20.2. The highest BCUT2D eigenvalue weighted by Crippen LogP contribution is 2.66. The molecule has 6 rings (SSSR count). The van der Waals surface area contributed by atoms with Gasteiger partial charge in [0, 0.05) is 13.1 Å². The van der Waals surface area contributed by atoms with Gasteiger partial charge in [0.2, 0.25) is 35.2 Å². The number of hydrogen-bond acceptors (Lipinski definition) is 11. The summed E-state index contributed by atoms with van der Waals surface area (Å²) in [6.45, 7) is 25.6. The number of nitrogens with two attached hydrogens (primary N) is 3. The monoisotopic (exact) mass is 977 g/mol. The molecule has 2 heterocycles. The minimum Gasteiger partial charge on any atom is -0.444 e. The van der Waals surface area contributed by atoms with E-state index in [0.717, 1.165) is 38.5 Å². The third kappa shape index (κ3) is 12.2. The fourth-order valence-electron chi connectivity index (χ4n) is 10.9.